The first-order valence-electron chi connectivity index (χ1n) is 20.8. The number of amides is 2. The number of carbonyl (C=O) groups excluding carboxylic acids is 2. The summed E-state index contributed by atoms with van der Waals surface area (Å²) >= 11 is 0. The van der Waals surface area contributed by atoms with Gasteiger partial charge in [0.05, 0.1) is 5.29 Å². The molecule has 0 saturated carbocycles. The Morgan fingerprint density at radius 2 is 0.896 bits per heavy atom. The molecule has 376 valence electrons. The van der Waals surface area contributed by atoms with E-state index in [4.69, 9.17) is 42.9 Å². The second-order valence-corrected chi connectivity index (χ2v) is 13.3. The largest absolute Gasteiger partial charge is 0.364 e. The van der Waals surface area contributed by atoms with Gasteiger partial charge in [-0.2, -0.15) is 49.9 Å². The highest BCUT2D eigenvalue weighted by Gasteiger charge is 2.27. The summed E-state index contributed by atoms with van der Waals surface area (Å²) in [6.45, 7) is 10.4. The monoisotopic (exact) mass is 954 g/mol. The van der Waals surface area contributed by atoms with Gasteiger partial charge in [-0.1, -0.05) is 13.8 Å². The number of nitroso groups, excluding NO2 is 1. The molecule has 30 heteroatoms. The quantitative estimate of drug-likeness (QED) is 0.0520. The molecule has 3 heterocycles. The topological polar surface area (TPSA) is 291 Å². The van der Waals surface area contributed by atoms with Gasteiger partial charge in [0.1, 0.15) is 67.2 Å². The maximum absolute atomic E-state index is 12.7. The molecule has 0 spiro atoms. The van der Waals surface area contributed by atoms with E-state index in [0.717, 1.165) is 5.01 Å². The van der Waals surface area contributed by atoms with Crippen molar-refractivity contribution in [3.8, 4) is 0 Å². The van der Waals surface area contributed by atoms with Crippen LogP contribution < -0.4 is 44.6 Å². The first-order valence-corrected chi connectivity index (χ1v) is 20.8. The Kier molecular flexibility index (Phi) is 26.3. The second kappa shape index (κ2) is 30.9. The van der Waals surface area contributed by atoms with Gasteiger partial charge in [0.25, 0.3) is 5.95 Å². The second-order valence-electron chi connectivity index (χ2n) is 13.3. The Balaban J connectivity index is 0.00000760. The number of methoxy groups -OCH3 is 7. The van der Waals surface area contributed by atoms with E-state index in [0.29, 0.717) is 13.1 Å². The highest BCUT2D eigenvalue weighted by molar-refractivity contribution is 5.90. The molecule has 3 aromatic heterocycles. The molecule has 0 bridgehead atoms. The van der Waals surface area contributed by atoms with Crippen molar-refractivity contribution in [2.45, 2.75) is 41.5 Å². The Morgan fingerprint density at radius 1 is 0.493 bits per heavy atom. The standard InChI is InChI=1S/C35H61N19O11.C2H6/c1-13-48(17-59-7)30-41-32(45-35(44-30)54(46-57)24-64-12)50(19-61-9)16-49(18-60-8)31-39-28(47(5)25(3)55)40-33(42-31)52(21-63-11)23-65-22-51(20-62-10)29-37-27(36-15-58-6)38-34(43-29)53(14-2)26(4)56;1-2/h13-24H2,1-12H3,(H,36,37,38,43);1-2H3. The lowest BCUT2D eigenvalue weighted by molar-refractivity contribution is -0.117. The van der Waals surface area contributed by atoms with Crippen LogP contribution in [-0.2, 0) is 47.5 Å². The van der Waals surface area contributed by atoms with Gasteiger partial charge < -0.3 is 48.1 Å². The summed E-state index contributed by atoms with van der Waals surface area (Å²) in [5.74, 6) is -0.0713. The summed E-state index contributed by atoms with van der Waals surface area (Å²) in [7, 11) is 11.8. The van der Waals surface area contributed by atoms with Crippen LogP contribution in [0.1, 0.15) is 41.5 Å². The minimum absolute atomic E-state index is 0.0195. The zero-order chi connectivity index (χ0) is 49.9. The van der Waals surface area contributed by atoms with Gasteiger partial charge in [-0.25, -0.2) is 0 Å². The van der Waals surface area contributed by atoms with Crippen molar-refractivity contribution < 1.29 is 47.5 Å². The minimum Gasteiger partial charge on any atom is -0.364 e. The number of carbonyl (C=O) groups is 2. The van der Waals surface area contributed by atoms with Crippen LogP contribution in [0.25, 0.3) is 0 Å². The molecule has 3 aromatic rings. The summed E-state index contributed by atoms with van der Waals surface area (Å²) in [4.78, 5) is 88.8. The van der Waals surface area contributed by atoms with E-state index in [1.807, 2.05) is 20.8 Å². The smallest absolute Gasteiger partial charge is 0.257 e. The van der Waals surface area contributed by atoms with E-state index in [1.54, 1.807) is 31.4 Å². The van der Waals surface area contributed by atoms with E-state index in [-0.39, 0.29) is 133 Å². The molecular weight excluding hydrogens is 887 g/mol. The van der Waals surface area contributed by atoms with Crippen LogP contribution in [0.15, 0.2) is 5.29 Å². The molecule has 2 amide bonds. The fraction of sp³-hybridized carbons (Fsp3) is 0.703. The molecule has 0 unspecified atom stereocenters. The van der Waals surface area contributed by atoms with Gasteiger partial charge in [-0.3, -0.25) is 39.0 Å². The number of anilines is 9. The normalized spacial score (nSPS) is 10.7. The Labute approximate surface area is 390 Å². The molecule has 0 aliphatic rings. The molecule has 0 atom stereocenters. The van der Waals surface area contributed by atoms with Crippen molar-refractivity contribution in [3.05, 3.63) is 4.91 Å². The number of aromatic nitrogens is 9. The lowest BCUT2D eigenvalue weighted by Crippen LogP contribution is -2.43. The molecular formula is C37H67N19O11. The Hall–Kier alpha value is -6.15. The predicted molar refractivity (Wildman–Crippen MR) is 247 cm³/mol. The Bertz CT molecular complexity index is 1930. The average molecular weight is 954 g/mol. The molecule has 0 aromatic carbocycles. The van der Waals surface area contributed by atoms with Crippen LogP contribution in [0.2, 0.25) is 0 Å². The predicted octanol–water partition coefficient (Wildman–Crippen LogP) is 1.09. The average Bonchev–Trinajstić information content (AvgIpc) is 3.33. The van der Waals surface area contributed by atoms with Gasteiger partial charge in [0, 0.05) is 83.8 Å². The van der Waals surface area contributed by atoms with E-state index in [2.05, 4.69) is 50.5 Å². The van der Waals surface area contributed by atoms with Crippen molar-refractivity contribution in [2.24, 2.45) is 5.29 Å². The highest BCUT2D eigenvalue weighted by Crippen LogP contribution is 2.24. The van der Waals surface area contributed by atoms with E-state index < -0.39 is 0 Å². The number of nitrogens with zero attached hydrogens (tertiary/aromatic N) is 18. The van der Waals surface area contributed by atoms with Crippen LogP contribution in [0, 0.1) is 4.91 Å². The van der Waals surface area contributed by atoms with E-state index in [9.17, 15) is 14.5 Å². The van der Waals surface area contributed by atoms with Crippen molar-refractivity contribution in [1.29, 1.82) is 0 Å². The molecule has 3 rings (SSSR count). The van der Waals surface area contributed by atoms with Crippen LogP contribution in [0.5, 0.6) is 0 Å². The first-order chi connectivity index (χ1) is 32.4. The van der Waals surface area contributed by atoms with Crippen LogP contribution >= 0.6 is 0 Å². The molecule has 67 heavy (non-hydrogen) atoms. The van der Waals surface area contributed by atoms with Crippen molar-refractivity contribution in [3.63, 3.8) is 0 Å². The van der Waals surface area contributed by atoms with Crippen molar-refractivity contribution in [2.75, 3.05) is 182 Å². The summed E-state index contributed by atoms with van der Waals surface area (Å²) in [6.07, 6.45) is 0. The maximum atomic E-state index is 12.7. The highest BCUT2D eigenvalue weighted by atomic mass is 16.5. The molecule has 0 aliphatic heterocycles. The van der Waals surface area contributed by atoms with E-state index >= 15 is 0 Å². The van der Waals surface area contributed by atoms with E-state index in [1.165, 1.54) is 80.5 Å². The Morgan fingerprint density at radius 3 is 1.33 bits per heavy atom. The van der Waals surface area contributed by atoms with Gasteiger partial charge in [0.15, 0.2) is 0 Å². The fourth-order valence-corrected chi connectivity index (χ4v) is 5.40. The fourth-order valence-electron chi connectivity index (χ4n) is 5.40. The van der Waals surface area contributed by atoms with Gasteiger partial charge in [-0.05, 0) is 13.8 Å². The van der Waals surface area contributed by atoms with Crippen LogP contribution in [-0.4, -0.2) is 194 Å². The zero-order valence-corrected chi connectivity index (χ0v) is 41.0. The summed E-state index contributed by atoms with van der Waals surface area (Å²) in [5.41, 5.74) is 0. The number of ether oxygens (including phenoxy) is 8. The van der Waals surface area contributed by atoms with Crippen molar-refractivity contribution >= 4 is 65.3 Å². The molecule has 0 radical (unpaired) electrons. The van der Waals surface area contributed by atoms with Crippen molar-refractivity contribution in [1.82, 2.24) is 44.9 Å². The molecule has 0 aliphatic carbocycles. The van der Waals surface area contributed by atoms with Gasteiger partial charge in [-0.15, -0.1) is 4.91 Å². The third kappa shape index (κ3) is 17.2. The molecule has 0 fully saturated rings. The molecule has 30 nitrogen and oxygen atoms in total. The third-order valence-electron chi connectivity index (χ3n) is 8.53. The first kappa shape index (κ1) is 57.0. The number of hydrogen-bond acceptors (Lipinski definition) is 27. The number of rotatable bonds is 32. The summed E-state index contributed by atoms with van der Waals surface area (Å²) in [5, 5.41) is 6.88. The SMILES string of the molecule is CC.CCN(COC)c1nc(N(COC)CN(COC)c2nc(N(COC)COCN(COC)c3nc(NCOC)nc(N(CC)C(C)=O)n3)nc(N(C)C(C)=O)n2)nc(N(COC)N=O)n1. The lowest BCUT2D eigenvalue weighted by atomic mass is 10.5. The third-order valence-corrected chi connectivity index (χ3v) is 8.53. The van der Waals surface area contributed by atoms with Gasteiger partial charge >= 0.3 is 0 Å². The lowest BCUT2D eigenvalue weighted by Gasteiger charge is -2.31. The summed E-state index contributed by atoms with van der Waals surface area (Å²) < 4.78 is 44.0. The maximum Gasteiger partial charge on any atom is 0.257 e. The number of nitrogens with one attached hydrogen (secondary N) is 1. The zero-order valence-electron chi connectivity index (χ0n) is 41.0. The van der Waals surface area contributed by atoms with Crippen LogP contribution in [0.4, 0.5) is 53.5 Å². The summed E-state index contributed by atoms with van der Waals surface area (Å²) in [6, 6.07) is 0. The molecule has 0 saturated heterocycles. The number of hydrogen-bond donors (Lipinski definition) is 1. The van der Waals surface area contributed by atoms with Gasteiger partial charge in [0.2, 0.25) is 59.4 Å². The minimum atomic E-state index is -0.370. The van der Waals surface area contributed by atoms with Crippen LogP contribution in [0.3, 0.4) is 0 Å². The molecule has 1 N–H and O–H groups in total.